The van der Waals surface area contributed by atoms with Crippen LogP contribution < -0.4 is 5.32 Å². The SMILES string of the molecule is O=C(NCc1cccnc1)[C@H]1CN(CC2CC2)C[C@@]2(CCN(C(=O)C3CCC3)C2)O1. The number of nitrogens with zero attached hydrogens (tertiary/aromatic N) is 3. The fourth-order valence-corrected chi connectivity index (χ4v) is 5.00. The number of pyridine rings is 1. The topological polar surface area (TPSA) is 74.8 Å². The maximum atomic E-state index is 13.0. The molecule has 2 amide bonds. The summed E-state index contributed by atoms with van der Waals surface area (Å²) in [6.45, 7) is 4.31. The molecule has 2 aliphatic heterocycles. The molecular weight excluding hydrogens is 380 g/mol. The van der Waals surface area contributed by atoms with Crippen molar-refractivity contribution in [1.82, 2.24) is 20.1 Å². The highest BCUT2D eigenvalue weighted by Crippen LogP contribution is 2.37. The Labute approximate surface area is 178 Å². The molecule has 1 N–H and O–H groups in total. The van der Waals surface area contributed by atoms with Crippen LogP contribution in [0.2, 0.25) is 0 Å². The van der Waals surface area contributed by atoms with Crippen LogP contribution in [-0.2, 0) is 20.9 Å². The van der Waals surface area contributed by atoms with Crippen molar-refractivity contribution in [3.05, 3.63) is 30.1 Å². The van der Waals surface area contributed by atoms with Crippen LogP contribution in [0.4, 0.5) is 0 Å². The third kappa shape index (κ3) is 4.37. The number of hydrogen-bond acceptors (Lipinski definition) is 5. The van der Waals surface area contributed by atoms with Crippen LogP contribution in [0.3, 0.4) is 0 Å². The zero-order valence-corrected chi connectivity index (χ0v) is 17.6. The lowest BCUT2D eigenvalue weighted by Gasteiger charge is -2.44. The van der Waals surface area contributed by atoms with E-state index in [1.54, 1.807) is 12.4 Å². The van der Waals surface area contributed by atoms with E-state index in [2.05, 4.69) is 15.2 Å². The summed E-state index contributed by atoms with van der Waals surface area (Å²) in [7, 11) is 0. The lowest BCUT2D eigenvalue weighted by molar-refractivity contribution is -0.170. The quantitative estimate of drug-likeness (QED) is 0.768. The average Bonchev–Trinajstić information content (AvgIpc) is 3.44. The van der Waals surface area contributed by atoms with Gasteiger partial charge in [0.15, 0.2) is 0 Å². The fourth-order valence-electron chi connectivity index (χ4n) is 5.00. The molecule has 1 aromatic heterocycles. The van der Waals surface area contributed by atoms with Gasteiger partial charge in [0.1, 0.15) is 11.7 Å². The number of hydrogen-bond donors (Lipinski definition) is 1. The highest BCUT2D eigenvalue weighted by molar-refractivity contribution is 5.81. The largest absolute Gasteiger partial charge is 0.357 e. The molecule has 0 unspecified atom stereocenters. The zero-order chi connectivity index (χ0) is 20.6. The molecule has 30 heavy (non-hydrogen) atoms. The van der Waals surface area contributed by atoms with E-state index in [1.807, 2.05) is 17.0 Å². The molecule has 1 aromatic rings. The Balaban J connectivity index is 1.24. The molecule has 0 bridgehead atoms. The van der Waals surface area contributed by atoms with E-state index < -0.39 is 11.7 Å². The normalized spacial score (nSPS) is 29.7. The summed E-state index contributed by atoms with van der Waals surface area (Å²) in [6, 6.07) is 3.83. The Morgan fingerprint density at radius 2 is 2.10 bits per heavy atom. The smallest absolute Gasteiger partial charge is 0.250 e. The Morgan fingerprint density at radius 1 is 1.23 bits per heavy atom. The molecule has 4 fully saturated rings. The van der Waals surface area contributed by atoms with Gasteiger partial charge in [-0.1, -0.05) is 12.5 Å². The standard InChI is InChI=1S/C23H32N4O3/c28-21(25-12-18-3-2-9-24-11-18)20-14-26(13-17-6-7-17)15-23(30-20)8-10-27(16-23)22(29)19-4-1-5-19/h2-3,9,11,17,19-20H,1,4-8,10,12-16H2,(H,25,28)/t20-,23-/m1/s1. The summed E-state index contributed by atoms with van der Waals surface area (Å²) in [5.41, 5.74) is 0.562. The van der Waals surface area contributed by atoms with Crippen LogP contribution in [0.5, 0.6) is 0 Å². The Hall–Kier alpha value is -1.99. The molecule has 7 nitrogen and oxygen atoms in total. The van der Waals surface area contributed by atoms with Crippen molar-refractivity contribution in [2.24, 2.45) is 11.8 Å². The third-order valence-corrected chi connectivity index (χ3v) is 7.11. The van der Waals surface area contributed by atoms with Crippen molar-refractivity contribution >= 4 is 11.8 Å². The van der Waals surface area contributed by atoms with Crippen molar-refractivity contribution in [2.75, 3.05) is 32.7 Å². The van der Waals surface area contributed by atoms with E-state index >= 15 is 0 Å². The maximum Gasteiger partial charge on any atom is 0.250 e. The second kappa shape index (κ2) is 8.27. The minimum absolute atomic E-state index is 0.0671. The number of carbonyl (C=O) groups excluding carboxylic acids is 2. The number of likely N-dealkylation sites (tertiary alicyclic amines) is 1. The summed E-state index contributed by atoms with van der Waals surface area (Å²) in [5, 5.41) is 3.02. The van der Waals surface area contributed by atoms with Gasteiger partial charge in [0, 0.05) is 51.0 Å². The second-order valence-corrected chi connectivity index (χ2v) is 9.64. The van der Waals surface area contributed by atoms with Gasteiger partial charge >= 0.3 is 0 Å². The number of morpholine rings is 1. The molecular formula is C23H32N4O3. The first kappa shape index (κ1) is 19.9. The fraction of sp³-hybridized carbons (Fsp3) is 0.696. The Morgan fingerprint density at radius 3 is 2.80 bits per heavy atom. The van der Waals surface area contributed by atoms with Crippen molar-refractivity contribution in [1.29, 1.82) is 0 Å². The van der Waals surface area contributed by atoms with E-state index in [1.165, 1.54) is 19.3 Å². The highest BCUT2D eigenvalue weighted by atomic mass is 16.5. The van der Waals surface area contributed by atoms with E-state index in [0.29, 0.717) is 25.5 Å². The predicted octanol–water partition coefficient (Wildman–Crippen LogP) is 1.58. The summed E-state index contributed by atoms with van der Waals surface area (Å²) in [4.78, 5) is 34.3. The highest BCUT2D eigenvalue weighted by Gasteiger charge is 2.49. The molecule has 0 radical (unpaired) electrons. The third-order valence-electron chi connectivity index (χ3n) is 7.11. The molecule has 4 aliphatic rings. The molecule has 162 valence electrons. The van der Waals surface area contributed by atoms with Gasteiger partial charge < -0.3 is 15.0 Å². The Kier molecular flexibility index (Phi) is 5.50. The minimum atomic E-state index is -0.493. The Bertz CT molecular complexity index is 780. The molecule has 0 aromatic carbocycles. The van der Waals surface area contributed by atoms with Crippen LogP contribution >= 0.6 is 0 Å². The van der Waals surface area contributed by atoms with Gasteiger partial charge in [-0.15, -0.1) is 0 Å². The van der Waals surface area contributed by atoms with Gasteiger partial charge in [0.25, 0.3) is 5.91 Å². The van der Waals surface area contributed by atoms with Gasteiger partial charge in [-0.3, -0.25) is 19.5 Å². The van der Waals surface area contributed by atoms with Gasteiger partial charge in [-0.25, -0.2) is 0 Å². The average molecular weight is 413 g/mol. The first-order valence-electron chi connectivity index (χ1n) is 11.5. The predicted molar refractivity (Wildman–Crippen MR) is 111 cm³/mol. The molecule has 1 spiro atoms. The lowest BCUT2D eigenvalue weighted by atomic mass is 9.84. The van der Waals surface area contributed by atoms with Crippen LogP contribution in [0.15, 0.2) is 24.5 Å². The van der Waals surface area contributed by atoms with Crippen molar-refractivity contribution in [2.45, 2.75) is 56.8 Å². The van der Waals surface area contributed by atoms with Gasteiger partial charge in [-0.2, -0.15) is 0 Å². The first-order valence-corrected chi connectivity index (χ1v) is 11.5. The number of rotatable bonds is 6. The van der Waals surface area contributed by atoms with Gasteiger partial charge in [0.2, 0.25) is 5.91 Å². The molecule has 5 rings (SSSR count). The molecule has 2 aliphatic carbocycles. The van der Waals surface area contributed by atoms with Crippen molar-refractivity contribution < 1.29 is 14.3 Å². The molecule has 2 saturated carbocycles. The minimum Gasteiger partial charge on any atom is -0.357 e. The molecule has 7 heteroatoms. The van der Waals surface area contributed by atoms with Gasteiger partial charge in [0.05, 0.1) is 6.54 Å². The maximum absolute atomic E-state index is 13.0. The molecule has 3 heterocycles. The van der Waals surface area contributed by atoms with E-state index in [9.17, 15) is 9.59 Å². The van der Waals surface area contributed by atoms with Crippen molar-refractivity contribution in [3.63, 3.8) is 0 Å². The summed E-state index contributed by atoms with van der Waals surface area (Å²) in [5.74, 6) is 1.19. The van der Waals surface area contributed by atoms with Crippen molar-refractivity contribution in [3.8, 4) is 0 Å². The lowest BCUT2D eigenvalue weighted by Crippen LogP contribution is -2.60. The van der Waals surface area contributed by atoms with Crippen LogP contribution in [0.1, 0.15) is 44.1 Å². The van der Waals surface area contributed by atoms with E-state index in [-0.39, 0.29) is 11.8 Å². The zero-order valence-electron chi connectivity index (χ0n) is 17.6. The van der Waals surface area contributed by atoms with E-state index in [0.717, 1.165) is 50.4 Å². The number of nitrogens with one attached hydrogen (secondary N) is 1. The van der Waals surface area contributed by atoms with Crippen LogP contribution in [-0.4, -0.2) is 71.0 Å². The molecule has 2 atom stereocenters. The summed E-state index contributed by atoms with van der Waals surface area (Å²) < 4.78 is 6.47. The first-order chi connectivity index (χ1) is 14.6. The molecule has 2 saturated heterocycles. The van der Waals surface area contributed by atoms with Gasteiger partial charge in [-0.05, 0) is 49.7 Å². The monoisotopic (exact) mass is 412 g/mol. The van der Waals surface area contributed by atoms with Crippen LogP contribution in [0, 0.1) is 11.8 Å². The van der Waals surface area contributed by atoms with E-state index in [4.69, 9.17) is 4.74 Å². The second-order valence-electron chi connectivity index (χ2n) is 9.64. The summed E-state index contributed by atoms with van der Waals surface area (Å²) in [6.07, 6.45) is 9.61. The number of carbonyl (C=O) groups is 2. The van der Waals surface area contributed by atoms with Crippen LogP contribution in [0.25, 0.3) is 0 Å². The number of amides is 2. The summed E-state index contributed by atoms with van der Waals surface area (Å²) >= 11 is 0. The number of ether oxygens (including phenoxy) is 1. The number of aromatic nitrogens is 1.